The molecule has 0 aliphatic heterocycles. The van der Waals surface area contributed by atoms with Gasteiger partial charge in [0.2, 0.25) is 5.95 Å². The molecule has 0 radical (unpaired) electrons. The molecule has 188 valence electrons. The Kier molecular flexibility index (Phi) is 6.78. The van der Waals surface area contributed by atoms with Crippen LogP contribution in [0.15, 0.2) is 54.9 Å². The molecule has 36 heavy (non-hydrogen) atoms. The fraction of sp³-hybridized carbons (Fsp3) is 0.393. The van der Waals surface area contributed by atoms with E-state index in [1.165, 1.54) is 12.8 Å². The first kappa shape index (κ1) is 24.1. The van der Waals surface area contributed by atoms with Gasteiger partial charge in [0.1, 0.15) is 0 Å². The molecule has 0 amide bonds. The largest absolute Gasteiger partial charge is 0.398 e. The Morgan fingerprint density at radius 3 is 2.50 bits per heavy atom. The molecule has 8 heteroatoms. The number of nitrogens with one attached hydrogen (secondary N) is 2. The van der Waals surface area contributed by atoms with Crippen molar-refractivity contribution in [2.75, 3.05) is 22.9 Å². The number of hydrogen-bond donors (Lipinski definition) is 4. The third-order valence-corrected chi connectivity index (χ3v) is 6.85. The van der Waals surface area contributed by atoms with Crippen LogP contribution >= 0.6 is 0 Å². The lowest BCUT2D eigenvalue weighted by Gasteiger charge is -2.17. The van der Waals surface area contributed by atoms with Gasteiger partial charge in [-0.15, -0.1) is 0 Å². The Labute approximate surface area is 212 Å². The summed E-state index contributed by atoms with van der Waals surface area (Å²) in [5.74, 6) is 1.25. The van der Waals surface area contributed by atoms with Gasteiger partial charge in [-0.1, -0.05) is 55.3 Å². The molecule has 0 unspecified atom stereocenters. The molecular weight excluding hydrogens is 450 g/mol. The minimum Gasteiger partial charge on any atom is -0.398 e. The molecule has 0 bridgehead atoms. The molecule has 2 aromatic heterocycles. The molecule has 1 saturated carbocycles. The number of benzene rings is 2. The summed E-state index contributed by atoms with van der Waals surface area (Å²) in [6.45, 7) is 4.79. The molecule has 2 heterocycles. The highest BCUT2D eigenvalue weighted by molar-refractivity contribution is 5.84. The van der Waals surface area contributed by atoms with Gasteiger partial charge in [-0.05, 0) is 50.3 Å². The third kappa shape index (κ3) is 5.44. The quantitative estimate of drug-likeness (QED) is 0.236. The van der Waals surface area contributed by atoms with Crippen molar-refractivity contribution in [3.05, 3.63) is 60.4 Å². The lowest BCUT2D eigenvalue weighted by atomic mass is 10.0. The van der Waals surface area contributed by atoms with Crippen molar-refractivity contribution < 1.29 is 5.11 Å². The molecule has 2 aromatic carbocycles. The molecule has 0 spiro atoms. The van der Waals surface area contributed by atoms with E-state index in [1.807, 2.05) is 30.6 Å². The van der Waals surface area contributed by atoms with Crippen LogP contribution in [-0.4, -0.2) is 36.8 Å². The summed E-state index contributed by atoms with van der Waals surface area (Å²) < 4.78 is 2.20. The zero-order chi connectivity index (χ0) is 25.1. The Morgan fingerprint density at radius 1 is 1.03 bits per heavy atom. The molecule has 4 aromatic rings. The Balaban J connectivity index is 1.38. The lowest BCUT2D eigenvalue weighted by molar-refractivity contribution is 0.0748. The van der Waals surface area contributed by atoms with E-state index in [4.69, 9.17) is 20.7 Å². The average molecular weight is 486 g/mol. The molecule has 0 saturated heterocycles. The maximum absolute atomic E-state index is 10.1. The number of nitrogens with two attached hydrogens (primary N) is 1. The zero-order valence-corrected chi connectivity index (χ0v) is 21.0. The van der Waals surface area contributed by atoms with E-state index in [-0.39, 0.29) is 0 Å². The minimum absolute atomic E-state index is 0.431. The number of nitrogens with zero attached hydrogens (tertiary/aromatic N) is 4. The molecular formula is C28H35N7O. The Bertz CT molecular complexity index is 1320. The molecule has 5 N–H and O–H groups in total. The number of hydrogen-bond acceptors (Lipinski definition) is 7. The number of nitrogen functional groups attached to an aromatic ring is 1. The summed E-state index contributed by atoms with van der Waals surface area (Å²) in [5.41, 5.74) is 11.1. The first-order valence-electron chi connectivity index (χ1n) is 12.8. The van der Waals surface area contributed by atoms with Crippen LogP contribution in [0.2, 0.25) is 0 Å². The van der Waals surface area contributed by atoms with Gasteiger partial charge in [0, 0.05) is 30.4 Å². The lowest BCUT2D eigenvalue weighted by Crippen LogP contribution is -2.23. The van der Waals surface area contributed by atoms with Crippen LogP contribution in [0, 0.1) is 0 Å². The topological polar surface area (TPSA) is 114 Å². The fourth-order valence-corrected chi connectivity index (χ4v) is 4.80. The van der Waals surface area contributed by atoms with Crippen molar-refractivity contribution in [1.82, 2.24) is 19.5 Å². The SMILES string of the molecule is CC(C)(O)CCNc1nc(NCc2ccc(-c3ccccc3N)cc2)c2ncn(C3CCCC3)c2n1. The molecule has 1 aliphatic rings. The van der Waals surface area contributed by atoms with Crippen molar-refractivity contribution in [2.24, 2.45) is 0 Å². The van der Waals surface area contributed by atoms with E-state index in [0.717, 1.165) is 46.4 Å². The summed E-state index contributed by atoms with van der Waals surface area (Å²) in [4.78, 5) is 14.3. The van der Waals surface area contributed by atoms with Gasteiger partial charge < -0.3 is 26.0 Å². The monoisotopic (exact) mass is 485 g/mol. The predicted octanol–water partition coefficient (Wildman–Crippen LogP) is 5.38. The molecule has 5 rings (SSSR count). The highest BCUT2D eigenvalue weighted by Crippen LogP contribution is 2.33. The Morgan fingerprint density at radius 2 is 1.78 bits per heavy atom. The number of imidazole rings is 1. The second kappa shape index (κ2) is 10.1. The maximum Gasteiger partial charge on any atom is 0.226 e. The van der Waals surface area contributed by atoms with Gasteiger partial charge in [0.25, 0.3) is 0 Å². The summed E-state index contributed by atoms with van der Waals surface area (Å²) in [5, 5.41) is 16.9. The fourth-order valence-electron chi connectivity index (χ4n) is 4.80. The standard InChI is InChI=1S/C28H35N7O/c1-28(2,36)15-16-30-27-33-25(24-26(34-27)35(18-32-24)21-7-3-4-8-21)31-17-19-11-13-20(14-12-19)22-9-5-6-10-23(22)29/h5-6,9-14,18,21,36H,3-4,7-8,15-17,29H2,1-2H3,(H2,30,31,33,34). The van der Waals surface area contributed by atoms with Crippen LogP contribution in [0.25, 0.3) is 22.3 Å². The van der Waals surface area contributed by atoms with Crippen LogP contribution in [0.4, 0.5) is 17.5 Å². The second-order valence-electron chi connectivity index (χ2n) is 10.3. The maximum atomic E-state index is 10.1. The summed E-state index contributed by atoms with van der Waals surface area (Å²) in [6.07, 6.45) is 7.27. The van der Waals surface area contributed by atoms with Crippen molar-refractivity contribution in [3.63, 3.8) is 0 Å². The van der Waals surface area contributed by atoms with Crippen LogP contribution in [0.1, 0.15) is 57.6 Å². The summed E-state index contributed by atoms with van der Waals surface area (Å²) in [6, 6.07) is 16.7. The van der Waals surface area contributed by atoms with E-state index in [1.54, 1.807) is 13.8 Å². The van der Waals surface area contributed by atoms with E-state index in [0.29, 0.717) is 37.3 Å². The van der Waals surface area contributed by atoms with Gasteiger partial charge in [-0.2, -0.15) is 9.97 Å². The van der Waals surface area contributed by atoms with Crippen molar-refractivity contribution in [1.29, 1.82) is 0 Å². The van der Waals surface area contributed by atoms with Gasteiger partial charge in [0.05, 0.1) is 11.9 Å². The first-order chi connectivity index (χ1) is 17.4. The average Bonchev–Trinajstić information content (AvgIpc) is 3.52. The molecule has 8 nitrogen and oxygen atoms in total. The number of aromatic nitrogens is 4. The van der Waals surface area contributed by atoms with E-state index >= 15 is 0 Å². The smallest absolute Gasteiger partial charge is 0.226 e. The highest BCUT2D eigenvalue weighted by atomic mass is 16.3. The van der Waals surface area contributed by atoms with E-state index < -0.39 is 5.60 Å². The van der Waals surface area contributed by atoms with Crippen molar-refractivity contribution in [2.45, 2.75) is 64.1 Å². The number of anilines is 3. The Hall–Kier alpha value is -3.65. The van der Waals surface area contributed by atoms with Crippen molar-refractivity contribution in [3.8, 4) is 11.1 Å². The minimum atomic E-state index is -0.750. The van der Waals surface area contributed by atoms with Crippen LogP contribution in [0.5, 0.6) is 0 Å². The van der Waals surface area contributed by atoms with Gasteiger partial charge >= 0.3 is 0 Å². The van der Waals surface area contributed by atoms with Crippen LogP contribution < -0.4 is 16.4 Å². The van der Waals surface area contributed by atoms with Crippen molar-refractivity contribution >= 4 is 28.6 Å². The van der Waals surface area contributed by atoms with Crippen LogP contribution in [0.3, 0.4) is 0 Å². The molecule has 1 fully saturated rings. The van der Waals surface area contributed by atoms with Gasteiger partial charge in [-0.3, -0.25) is 0 Å². The van der Waals surface area contributed by atoms with Gasteiger partial charge in [-0.25, -0.2) is 4.98 Å². The number of aliphatic hydroxyl groups is 1. The van der Waals surface area contributed by atoms with E-state index in [9.17, 15) is 5.11 Å². The predicted molar refractivity (Wildman–Crippen MR) is 146 cm³/mol. The molecule has 1 aliphatic carbocycles. The number of rotatable bonds is 9. The number of para-hydroxylation sites is 1. The first-order valence-corrected chi connectivity index (χ1v) is 12.8. The summed E-state index contributed by atoms with van der Waals surface area (Å²) >= 11 is 0. The second-order valence-corrected chi connectivity index (χ2v) is 10.3. The normalized spacial score (nSPS) is 14.4. The number of fused-ring (bicyclic) bond motifs is 1. The summed E-state index contributed by atoms with van der Waals surface area (Å²) in [7, 11) is 0. The van der Waals surface area contributed by atoms with Gasteiger partial charge in [0.15, 0.2) is 17.0 Å². The van der Waals surface area contributed by atoms with E-state index in [2.05, 4.69) is 39.5 Å². The van der Waals surface area contributed by atoms with Crippen LogP contribution in [-0.2, 0) is 6.54 Å². The third-order valence-electron chi connectivity index (χ3n) is 6.85. The molecule has 0 atom stereocenters. The zero-order valence-electron chi connectivity index (χ0n) is 21.0. The highest BCUT2D eigenvalue weighted by Gasteiger charge is 2.22.